The van der Waals surface area contributed by atoms with Crippen molar-refractivity contribution in [1.82, 2.24) is 15.0 Å². The smallest absolute Gasteiger partial charge is 0.254 e. The molecule has 1 amide bonds. The Hall–Kier alpha value is -2.42. The molecule has 8 nitrogen and oxygen atoms in total. The maximum absolute atomic E-state index is 12.6. The topological polar surface area (TPSA) is 105 Å². The third-order valence-corrected chi connectivity index (χ3v) is 5.72. The summed E-state index contributed by atoms with van der Waals surface area (Å²) in [6.07, 6.45) is 1.99. The number of nitrogens with one attached hydrogen (secondary N) is 1. The molecule has 0 saturated carbocycles. The lowest BCUT2D eigenvalue weighted by Gasteiger charge is -2.23. The molecule has 2 aromatic rings. The molecule has 3 heterocycles. The molecule has 3 rings (SSSR count). The van der Waals surface area contributed by atoms with Crippen LogP contribution >= 0.6 is 0 Å². The predicted octanol–water partition coefficient (Wildman–Crippen LogP) is 1.38. The van der Waals surface area contributed by atoms with Crippen molar-refractivity contribution in [3.8, 4) is 0 Å². The minimum absolute atomic E-state index is 0.0175. The molecule has 2 aromatic heterocycles. The van der Waals surface area contributed by atoms with Crippen molar-refractivity contribution in [3.05, 3.63) is 35.7 Å². The molecule has 1 fully saturated rings. The highest BCUT2D eigenvalue weighted by Crippen LogP contribution is 2.20. The van der Waals surface area contributed by atoms with Gasteiger partial charge in [-0.1, -0.05) is 5.16 Å². The van der Waals surface area contributed by atoms with E-state index >= 15 is 0 Å². The van der Waals surface area contributed by atoms with Crippen LogP contribution in [-0.4, -0.2) is 54.0 Å². The van der Waals surface area contributed by atoms with Gasteiger partial charge < -0.3 is 14.7 Å². The number of sulfone groups is 1. The molecule has 1 saturated heterocycles. The second-order valence-corrected chi connectivity index (χ2v) is 8.08. The Morgan fingerprint density at radius 1 is 1.38 bits per heavy atom. The van der Waals surface area contributed by atoms with E-state index in [4.69, 9.17) is 4.52 Å². The van der Waals surface area contributed by atoms with Crippen LogP contribution in [0.25, 0.3) is 0 Å². The van der Waals surface area contributed by atoms with Crippen LogP contribution in [-0.2, 0) is 9.84 Å². The zero-order valence-corrected chi connectivity index (χ0v) is 14.2. The molecule has 1 unspecified atom stereocenters. The maximum Gasteiger partial charge on any atom is 0.254 e. The number of hydrogen-bond acceptors (Lipinski definition) is 7. The standard InChI is InChI=1S/C15H18N4O4S/c1-10-7-14(18-23-10)17-13-8-11(3-5-16-13)15(20)19(2)12-4-6-24(21,22)9-12/h3,5,7-8,12H,4,6,9H2,1-2H3,(H,16,17,18). The lowest BCUT2D eigenvalue weighted by molar-refractivity contribution is 0.0747. The molecular weight excluding hydrogens is 332 g/mol. The van der Waals surface area contributed by atoms with Gasteiger partial charge in [-0.15, -0.1) is 0 Å². The molecule has 0 bridgehead atoms. The Labute approximate surface area is 139 Å². The minimum Gasteiger partial charge on any atom is -0.360 e. The van der Waals surface area contributed by atoms with Crippen molar-refractivity contribution >= 4 is 27.4 Å². The minimum atomic E-state index is -3.04. The summed E-state index contributed by atoms with van der Waals surface area (Å²) < 4.78 is 28.1. The lowest BCUT2D eigenvalue weighted by atomic mass is 10.2. The van der Waals surface area contributed by atoms with E-state index in [1.165, 1.54) is 11.1 Å². The van der Waals surface area contributed by atoms with E-state index in [2.05, 4.69) is 15.5 Å². The molecule has 128 valence electrons. The van der Waals surface area contributed by atoms with Gasteiger partial charge in [0.05, 0.1) is 11.5 Å². The highest BCUT2D eigenvalue weighted by Gasteiger charge is 2.33. The van der Waals surface area contributed by atoms with Crippen molar-refractivity contribution < 1.29 is 17.7 Å². The number of anilines is 2. The highest BCUT2D eigenvalue weighted by atomic mass is 32.2. The summed E-state index contributed by atoms with van der Waals surface area (Å²) in [5, 5.41) is 6.77. The van der Waals surface area contributed by atoms with Gasteiger partial charge >= 0.3 is 0 Å². The first-order valence-electron chi connectivity index (χ1n) is 7.48. The molecule has 1 aliphatic rings. The average molecular weight is 350 g/mol. The van der Waals surface area contributed by atoms with Crippen molar-refractivity contribution in [3.63, 3.8) is 0 Å². The maximum atomic E-state index is 12.6. The van der Waals surface area contributed by atoms with E-state index in [1.54, 1.807) is 32.2 Å². The zero-order valence-electron chi connectivity index (χ0n) is 13.4. The monoisotopic (exact) mass is 350 g/mol. The predicted molar refractivity (Wildman–Crippen MR) is 87.9 cm³/mol. The van der Waals surface area contributed by atoms with Gasteiger partial charge in [-0.3, -0.25) is 4.79 Å². The van der Waals surface area contributed by atoms with Gasteiger partial charge in [-0.2, -0.15) is 0 Å². The summed E-state index contributed by atoms with van der Waals surface area (Å²) in [4.78, 5) is 18.2. The first-order chi connectivity index (χ1) is 11.3. The zero-order chi connectivity index (χ0) is 17.3. The van der Waals surface area contributed by atoms with E-state index in [9.17, 15) is 13.2 Å². The second-order valence-electron chi connectivity index (χ2n) is 5.85. The Kier molecular flexibility index (Phi) is 4.27. The average Bonchev–Trinajstić information content (AvgIpc) is 3.11. The van der Waals surface area contributed by atoms with Gasteiger partial charge in [0, 0.05) is 30.9 Å². The molecule has 1 N–H and O–H groups in total. The number of aryl methyl sites for hydroxylation is 1. The third-order valence-electron chi connectivity index (χ3n) is 3.97. The van der Waals surface area contributed by atoms with Crippen molar-refractivity contribution in [2.75, 3.05) is 23.9 Å². The van der Waals surface area contributed by atoms with Crippen LogP contribution < -0.4 is 5.32 Å². The van der Waals surface area contributed by atoms with Crippen LogP contribution in [0.4, 0.5) is 11.6 Å². The van der Waals surface area contributed by atoms with Gasteiger partial charge in [0.1, 0.15) is 11.6 Å². The number of nitrogens with zero attached hydrogens (tertiary/aromatic N) is 3. The summed E-state index contributed by atoms with van der Waals surface area (Å²) in [6.45, 7) is 1.77. The first kappa shape index (κ1) is 16.4. The SMILES string of the molecule is Cc1cc(Nc2cc(C(=O)N(C)C3CCS(=O)(=O)C3)ccn2)no1. The first-order valence-corrected chi connectivity index (χ1v) is 9.30. The van der Waals surface area contributed by atoms with Gasteiger partial charge in [-0.25, -0.2) is 13.4 Å². The molecule has 9 heteroatoms. The number of amides is 1. The molecule has 0 aliphatic carbocycles. The molecule has 24 heavy (non-hydrogen) atoms. The van der Waals surface area contributed by atoms with E-state index in [-0.39, 0.29) is 23.5 Å². The van der Waals surface area contributed by atoms with Crippen LogP contribution in [0.3, 0.4) is 0 Å². The van der Waals surface area contributed by atoms with Crippen LogP contribution in [0.15, 0.2) is 28.9 Å². The van der Waals surface area contributed by atoms with E-state index in [0.29, 0.717) is 29.4 Å². The van der Waals surface area contributed by atoms with E-state index < -0.39 is 9.84 Å². The number of carbonyl (C=O) groups excluding carboxylic acids is 1. The van der Waals surface area contributed by atoms with Gasteiger partial charge in [0.25, 0.3) is 5.91 Å². The Bertz CT molecular complexity index is 862. The highest BCUT2D eigenvalue weighted by molar-refractivity contribution is 7.91. The second kappa shape index (κ2) is 6.23. The number of hydrogen-bond donors (Lipinski definition) is 1. The summed E-state index contributed by atoms with van der Waals surface area (Å²) in [5.74, 6) is 1.53. The fraction of sp³-hybridized carbons (Fsp3) is 0.400. The number of aromatic nitrogens is 2. The number of carbonyl (C=O) groups is 1. The van der Waals surface area contributed by atoms with E-state index in [0.717, 1.165) is 0 Å². The summed E-state index contributed by atoms with van der Waals surface area (Å²) in [6, 6.07) is 4.63. The van der Waals surface area contributed by atoms with Crippen molar-refractivity contribution in [1.29, 1.82) is 0 Å². The van der Waals surface area contributed by atoms with Crippen LogP contribution in [0, 0.1) is 6.92 Å². The summed E-state index contributed by atoms with van der Waals surface area (Å²) >= 11 is 0. The molecule has 1 atom stereocenters. The van der Waals surface area contributed by atoms with E-state index in [1.807, 2.05) is 0 Å². The Morgan fingerprint density at radius 3 is 2.79 bits per heavy atom. The summed E-state index contributed by atoms with van der Waals surface area (Å²) in [7, 11) is -1.41. The summed E-state index contributed by atoms with van der Waals surface area (Å²) in [5.41, 5.74) is 0.430. The number of pyridine rings is 1. The normalized spacial score (nSPS) is 19.2. The fourth-order valence-corrected chi connectivity index (χ4v) is 4.41. The lowest BCUT2D eigenvalue weighted by Crippen LogP contribution is -2.37. The van der Waals surface area contributed by atoms with Gasteiger partial charge in [0.2, 0.25) is 0 Å². The van der Waals surface area contributed by atoms with Crippen molar-refractivity contribution in [2.24, 2.45) is 0 Å². The van der Waals surface area contributed by atoms with Crippen LogP contribution in [0.1, 0.15) is 22.5 Å². The number of rotatable bonds is 4. The largest absolute Gasteiger partial charge is 0.360 e. The molecule has 0 radical (unpaired) electrons. The quantitative estimate of drug-likeness (QED) is 0.888. The molecule has 0 aromatic carbocycles. The van der Waals surface area contributed by atoms with Crippen LogP contribution in [0.2, 0.25) is 0 Å². The third kappa shape index (κ3) is 3.56. The molecular formula is C15H18N4O4S. The van der Waals surface area contributed by atoms with Crippen molar-refractivity contribution in [2.45, 2.75) is 19.4 Å². The Morgan fingerprint density at radius 2 is 2.17 bits per heavy atom. The van der Waals surface area contributed by atoms with Crippen LogP contribution in [0.5, 0.6) is 0 Å². The molecule has 0 spiro atoms. The fourth-order valence-electron chi connectivity index (χ4n) is 2.64. The Balaban J connectivity index is 1.74. The van der Waals surface area contributed by atoms with Gasteiger partial charge in [0.15, 0.2) is 15.7 Å². The molecule has 1 aliphatic heterocycles. The van der Waals surface area contributed by atoms with Gasteiger partial charge in [-0.05, 0) is 25.5 Å².